The SMILES string of the molecule is CC(=O)N1CCC(CCC(=O)NCC(C)(O)c2ccsc2)CC1. The van der Waals surface area contributed by atoms with Crippen LogP contribution in [-0.2, 0) is 15.2 Å². The van der Waals surface area contributed by atoms with Crippen LogP contribution in [0.3, 0.4) is 0 Å². The van der Waals surface area contributed by atoms with Gasteiger partial charge in [0.1, 0.15) is 5.60 Å². The summed E-state index contributed by atoms with van der Waals surface area (Å²) in [6, 6.07) is 1.87. The van der Waals surface area contributed by atoms with Crippen molar-refractivity contribution in [2.24, 2.45) is 5.92 Å². The van der Waals surface area contributed by atoms with Gasteiger partial charge in [0, 0.05) is 26.4 Å². The Morgan fingerprint density at radius 2 is 2.13 bits per heavy atom. The molecule has 0 aliphatic carbocycles. The van der Waals surface area contributed by atoms with E-state index in [0.717, 1.165) is 37.9 Å². The second kappa shape index (κ2) is 7.93. The minimum Gasteiger partial charge on any atom is -0.384 e. The van der Waals surface area contributed by atoms with Crippen molar-refractivity contribution in [3.8, 4) is 0 Å². The fraction of sp³-hybridized carbons (Fsp3) is 0.647. The first-order valence-electron chi connectivity index (χ1n) is 8.16. The monoisotopic (exact) mass is 338 g/mol. The molecule has 0 spiro atoms. The molecule has 2 N–H and O–H groups in total. The van der Waals surface area contributed by atoms with Gasteiger partial charge in [-0.3, -0.25) is 9.59 Å². The molecule has 6 heteroatoms. The molecule has 1 aromatic heterocycles. The summed E-state index contributed by atoms with van der Waals surface area (Å²) in [4.78, 5) is 25.1. The minimum atomic E-state index is -1.03. The average molecular weight is 338 g/mol. The second-order valence-electron chi connectivity index (χ2n) is 6.55. The van der Waals surface area contributed by atoms with Crippen molar-refractivity contribution in [3.05, 3.63) is 22.4 Å². The number of rotatable bonds is 6. The standard InChI is InChI=1S/C17H26N2O3S/c1-13(20)19-8-5-14(6-9-19)3-4-16(21)18-12-17(2,22)15-7-10-23-11-15/h7,10-11,14,22H,3-6,8-9,12H2,1-2H3,(H,18,21). The van der Waals surface area contributed by atoms with Gasteiger partial charge in [-0.15, -0.1) is 0 Å². The van der Waals surface area contributed by atoms with E-state index in [-0.39, 0.29) is 18.4 Å². The molecule has 2 rings (SSSR count). The Morgan fingerprint density at radius 3 is 2.70 bits per heavy atom. The number of piperidine rings is 1. The van der Waals surface area contributed by atoms with Crippen molar-refractivity contribution in [3.63, 3.8) is 0 Å². The lowest BCUT2D eigenvalue weighted by Crippen LogP contribution is -2.39. The zero-order chi connectivity index (χ0) is 16.9. The van der Waals surface area contributed by atoms with Gasteiger partial charge in [-0.1, -0.05) is 0 Å². The van der Waals surface area contributed by atoms with Crippen molar-refractivity contribution in [2.75, 3.05) is 19.6 Å². The van der Waals surface area contributed by atoms with Gasteiger partial charge in [0.05, 0.1) is 6.54 Å². The molecular formula is C17H26N2O3S. The number of likely N-dealkylation sites (tertiary alicyclic amines) is 1. The van der Waals surface area contributed by atoms with E-state index >= 15 is 0 Å². The predicted octanol–water partition coefficient (Wildman–Crippen LogP) is 2.11. The van der Waals surface area contributed by atoms with Crippen LogP contribution in [0.4, 0.5) is 0 Å². The third-order valence-electron chi connectivity index (χ3n) is 4.61. The molecule has 1 fully saturated rings. The fourth-order valence-corrected chi connectivity index (χ4v) is 3.69. The van der Waals surface area contributed by atoms with Crippen molar-refractivity contribution < 1.29 is 14.7 Å². The molecule has 2 heterocycles. The average Bonchev–Trinajstić information content (AvgIpc) is 3.06. The maximum absolute atomic E-state index is 12.0. The predicted molar refractivity (Wildman–Crippen MR) is 91.1 cm³/mol. The minimum absolute atomic E-state index is 0.0190. The summed E-state index contributed by atoms with van der Waals surface area (Å²) in [5.74, 6) is 0.625. The second-order valence-corrected chi connectivity index (χ2v) is 7.33. The lowest BCUT2D eigenvalue weighted by molar-refractivity contribution is -0.130. The number of nitrogens with zero attached hydrogens (tertiary/aromatic N) is 1. The van der Waals surface area contributed by atoms with Gasteiger partial charge in [-0.05, 0) is 54.5 Å². The first-order chi connectivity index (χ1) is 10.9. The van der Waals surface area contributed by atoms with Crippen LogP contribution in [0.1, 0.15) is 45.1 Å². The number of carbonyl (C=O) groups excluding carboxylic acids is 2. The lowest BCUT2D eigenvalue weighted by atomic mass is 9.92. The molecule has 1 aliphatic heterocycles. The van der Waals surface area contributed by atoms with Gasteiger partial charge in [0.15, 0.2) is 0 Å². The molecule has 0 aromatic carbocycles. The molecule has 128 valence electrons. The number of amides is 2. The molecule has 23 heavy (non-hydrogen) atoms. The number of nitrogens with one attached hydrogen (secondary N) is 1. The highest BCUT2D eigenvalue weighted by Crippen LogP contribution is 2.23. The Hall–Kier alpha value is -1.40. The summed E-state index contributed by atoms with van der Waals surface area (Å²) in [5, 5.41) is 17.0. The summed E-state index contributed by atoms with van der Waals surface area (Å²) in [6.45, 7) is 5.15. The number of thiophene rings is 1. The number of carbonyl (C=O) groups is 2. The van der Waals surface area contributed by atoms with E-state index in [1.165, 1.54) is 11.3 Å². The normalized spacial score (nSPS) is 18.5. The Balaban J connectivity index is 1.67. The Labute approximate surface area is 141 Å². The van der Waals surface area contributed by atoms with Crippen LogP contribution in [-0.4, -0.2) is 41.5 Å². The third-order valence-corrected chi connectivity index (χ3v) is 5.30. The van der Waals surface area contributed by atoms with E-state index in [1.54, 1.807) is 13.8 Å². The van der Waals surface area contributed by atoms with E-state index < -0.39 is 5.60 Å². The summed E-state index contributed by atoms with van der Waals surface area (Å²) in [7, 11) is 0. The molecule has 5 nitrogen and oxygen atoms in total. The van der Waals surface area contributed by atoms with Crippen LogP contribution >= 0.6 is 11.3 Å². The zero-order valence-electron chi connectivity index (χ0n) is 13.9. The smallest absolute Gasteiger partial charge is 0.220 e. The van der Waals surface area contributed by atoms with Crippen molar-refractivity contribution in [2.45, 2.75) is 45.1 Å². The Bertz CT molecular complexity index is 520. The highest BCUT2D eigenvalue weighted by Gasteiger charge is 2.25. The Kier molecular flexibility index (Phi) is 6.18. The van der Waals surface area contributed by atoms with Crippen LogP contribution in [0.25, 0.3) is 0 Å². The molecule has 0 radical (unpaired) electrons. The molecular weight excluding hydrogens is 312 g/mol. The first-order valence-corrected chi connectivity index (χ1v) is 9.10. The molecule has 1 aliphatic rings. The fourth-order valence-electron chi connectivity index (χ4n) is 2.90. The van der Waals surface area contributed by atoms with E-state index in [0.29, 0.717) is 12.3 Å². The van der Waals surface area contributed by atoms with Crippen LogP contribution in [0.15, 0.2) is 16.8 Å². The maximum Gasteiger partial charge on any atom is 0.220 e. The maximum atomic E-state index is 12.0. The summed E-state index contributed by atoms with van der Waals surface area (Å²) in [6.07, 6.45) is 3.27. The topological polar surface area (TPSA) is 69.6 Å². The Morgan fingerprint density at radius 1 is 1.43 bits per heavy atom. The summed E-state index contributed by atoms with van der Waals surface area (Å²) in [5.41, 5.74) is -0.193. The molecule has 0 bridgehead atoms. The van der Waals surface area contributed by atoms with E-state index in [1.807, 2.05) is 21.7 Å². The third kappa shape index (κ3) is 5.32. The zero-order valence-corrected chi connectivity index (χ0v) is 14.7. The molecule has 1 aromatic rings. The van der Waals surface area contributed by atoms with Gasteiger partial charge in [-0.2, -0.15) is 11.3 Å². The van der Waals surface area contributed by atoms with Crippen LogP contribution in [0.5, 0.6) is 0 Å². The van der Waals surface area contributed by atoms with Gasteiger partial charge >= 0.3 is 0 Å². The molecule has 2 amide bonds. The van der Waals surface area contributed by atoms with Gasteiger partial charge in [0.2, 0.25) is 11.8 Å². The largest absolute Gasteiger partial charge is 0.384 e. The highest BCUT2D eigenvalue weighted by atomic mass is 32.1. The van der Waals surface area contributed by atoms with Crippen LogP contribution in [0.2, 0.25) is 0 Å². The lowest BCUT2D eigenvalue weighted by Gasteiger charge is -2.31. The first kappa shape index (κ1) is 17.9. The molecule has 1 saturated heterocycles. The van der Waals surface area contributed by atoms with Crippen molar-refractivity contribution in [1.82, 2.24) is 10.2 Å². The molecule has 0 saturated carbocycles. The summed E-state index contributed by atoms with van der Waals surface area (Å²) >= 11 is 1.53. The van der Waals surface area contributed by atoms with E-state index in [4.69, 9.17) is 0 Å². The quantitative estimate of drug-likeness (QED) is 0.835. The van der Waals surface area contributed by atoms with Crippen molar-refractivity contribution >= 4 is 23.2 Å². The van der Waals surface area contributed by atoms with Gasteiger partial charge in [-0.25, -0.2) is 0 Å². The van der Waals surface area contributed by atoms with E-state index in [2.05, 4.69) is 5.32 Å². The number of hydrogen-bond acceptors (Lipinski definition) is 4. The van der Waals surface area contributed by atoms with E-state index in [9.17, 15) is 14.7 Å². The number of hydrogen-bond donors (Lipinski definition) is 2. The van der Waals surface area contributed by atoms with Gasteiger partial charge < -0.3 is 15.3 Å². The summed E-state index contributed by atoms with van der Waals surface area (Å²) < 4.78 is 0. The van der Waals surface area contributed by atoms with Crippen LogP contribution in [0, 0.1) is 5.92 Å². The number of aliphatic hydroxyl groups is 1. The highest BCUT2D eigenvalue weighted by molar-refractivity contribution is 7.08. The van der Waals surface area contributed by atoms with Crippen molar-refractivity contribution in [1.29, 1.82) is 0 Å². The molecule has 1 atom stereocenters. The van der Waals surface area contributed by atoms with Gasteiger partial charge in [0.25, 0.3) is 0 Å². The molecule has 1 unspecified atom stereocenters. The van der Waals surface area contributed by atoms with Crippen LogP contribution < -0.4 is 5.32 Å².